The van der Waals surface area contributed by atoms with Gasteiger partial charge in [-0.15, -0.1) is 0 Å². The van der Waals surface area contributed by atoms with E-state index in [0.717, 1.165) is 42.1 Å². The highest BCUT2D eigenvalue weighted by atomic mass is 32.2. The monoisotopic (exact) mass is 548 g/mol. The zero-order chi connectivity index (χ0) is 28.2. The van der Waals surface area contributed by atoms with Gasteiger partial charge in [-0.05, 0) is 51.7 Å². The van der Waals surface area contributed by atoms with Crippen LogP contribution in [0.5, 0.6) is 0 Å². The summed E-state index contributed by atoms with van der Waals surface area (Å²) in [6.45, 7) is 0. The van der Waals surface area contributed by atoms with Crippen LogP contribution in [0, 0.1) is 10.1 Å². The Balaban J connectivity index is 1.77. The molecule has 0 radical (unpaired) electrons. The molecule has 4 aromatic rings. The lowest BCUT2D eigenvalue weighted by Gasteiger charge is -2.19. The highest BCUT2D eigenvalue weighted by Crippen LogP contribution is 2.31. The van der Waals surface area contributed by atoms with Crippen molar-refractivity contribution in [3.05, 3.63) is 106 Å². The number of hydrogen-bond donors (Lipinski definition) is 1. The topological polar surface area (TPSA) is 142 Å². The minimum Gasteiger partial charge on any atom is -0.468 e. The second-order valence-corrected chi connectivity index (χ2v) is 10.3. The first kappa shape index (κ1) is 27.4. The molecule has 0 aliphatic heterocycles. The number of nitro groups is 1. The first-order valence-electron chi connectivity index (χ1n) is 11.7. The van der Waals surface area contributed by atoms with Gasteiger partial charge in [-0.2, -0.15) is 4.72 Å². The molecule has 11 heteroatoms. The minimum absolute atomic E-state index is 0.0758. The van der Waals surface area contributed by atoms with Crippen LogP contribution in [0.1, 0.15) is 15.9 Å². The van der Waals surface area contributed by atoms with Crippen molar-refractivity contribution in [3.8, 4) is 11.1 Å². The highest BCUT2D eigenvalue weighted by molar-refractivity contribution is 7.89. The van der Waals surface area contributed by atoms with Crippen molar-refractivity contribution in [2.24, 2.45) is 0 Å². The number of non-ortho nitro benzene ring substituents is 1. The first-order chi connectivity index (χ1) is 18.6. The largest absolute Gasteiger partial charge is 0.468 e. The second kappa shape index (κ2) is 11.4. The Hall–Kier alpha value is -4.61. The Morgan fingerprint density at radius 2 is 1.59 bits per heavy atom. The third-order valence-electron chi connectivity index (χ3n) is 6.16. The van der Waals surface area contributed by atoms with Gasteiger partial charge in [0.15, 0.2) is 0 Å². The quantitative estimate of drug-likeness (QED) is 0.186. The summed E-state index contributed by atoms with van der Waals surface area (Å²) in [4.78, 5) is 35.2. The molecule has 0 saturated carbocycles. The standard InChI is InChI=1S/C28H24N2O8S/c1-37-27(31)25-10-6-5-9-24(25)19-15-18-7-3-4-8-23(18)20(16-19)17-26(28(32)38-2)29-39(35,36)22-13-11-21(12-14-22)30(33)34/h3-16,26,29H,17H2,1-2H3/t26-/m0/s1. The number of carbonyl (C=O) groups is 2. The predicted octanol–water partition coefficient (Wildman–Crippen LogP) is 4.26. The fourth-order valence-electron chi connectivity index (χ4n) is 4.27. The fraction of sp³-hybridized carbons (Fsp3) is 0.143. The summed E-state index contributed by atoms with van der Waals surface area (Å²) in [7, 11) is -1.80. The number of methoxy groups -OCH3 is 2. The zero-order valence-electron chi connectivity index (χ0n) is 21.0. The lowest BCUT2D eigenvalue weighted by atomic mass is 9.92. The first-order valence-corrected chi connectivity index (χ1v) is 13.2. The zero-order valence-corrected chi connectivity index (χ0v) is 21.8. The van der Waals surface area contributed by atoms with Gasteiger partial charge in [-0.3, -0.25) is 14.9 Å². The van der Waals surface area contributed by atoms with E-state index < -0.39 is 32.9 Å². The van der Waals surface area contributed by atoms with Crippen molar-refractivity contribution in [1.82, 2.24) is 4.72 Å². The van der Waals surface area contributed by atoms with Crippen molar-refractivity contribution in [2.45, 2.75) is 17.4 Å². The molecule has 0 heterocycles. The van der Waals surface area contributed by atoms with Gasteiger partial charge in [0.25, 0.3) is 5.69 Å². The van der Waals surface area contributed by atoms with Gasteiger partial charge in [-0.1, -0.05) is 48.5 Å². The van der Waals surface area contributed by atoms with Gasteiger partial charge in [0, 0.05) is 18.6 Å². The van der Waals surface area contributed by atoms with Crippen molar-refractivity contribution >= 4 is 38.4 Å². The van der Waals surface area contributed by atoms with E-state index in [-0.39, 0.29) is 17.0 Å². The van der Waals surface area contributed by atoms with Gasteiger partial charge in [-0.25, -0.2) is 13.2 Å². The van der Waals surface area contributed by atoms with Gasteiger partial charge in [0.2, 0.25) is 10.0 Å². The summed E-state index contributed by atoms with van der Waals surface area (Å²) >= 11 is 0. The van der Waals surface area contributed by atoms with E-state index in [0.29, 0.717) is 22.3 Å². The van der Waals surface area contributed by atoms with Crippen molar-refractivity contribution < 1.29 is 32.4 Å². The van der Waals surface area contributed by atoms with E-state index in [9.17, 15) is 28.1 Å². The van der Waals surface area contributed by atoms with Crippen molar-refractivity contribution in [2.75, 3.05) is 14.2 Å². The van der Waals surface area contributed by atoms with Crippen LogP contribution in [0.2, 0.25) is 0 Å². The third-order valence-corrected chi connectivity index (χ3v) is 7.64. The number of nitrogens with zero attached hydrogens (tertiary/aromatic N) is 1. The predicted molar refractivity (Wildman–Crippen MR) is 144 cm³/mol. The average molecular weight is 549 g/mol. The molecule has 0 saturated heterocycles. The molecule has 200 valence electrons. The van der Waals surface area contributed by atoms with Gasteiger partial charge in [0.05, 0.1) is 29.6 Å². The Morgan fingerprint density at radius 1 is 0.923 bits per heavy atom. The molecule has 0 bridgehead atoms. The average Bonchev–Trinajstić information content (AvgIpc) is 2.95. The van der Waals surface area contributed by atoms with Crippen LogP contribution in [0.4, 0.5) is 5.69 Å². The van der Waals surface area contributed by atoms with Crippen LogP contribution in [0.25, 0.3) is 21.9 Å². The summed E-state index contributed by atoms with van der Waals surface area (Å²) in [5, 5.41) is 12.5. The van der Waals surface area contributed by atoms with Crippen LogP contribution < -0.4 is 4.72 Å². The number of nitro benzene ring substituents is 1. The van der Waals surface area contributed by atoms with E-state index >= 15 is 0 Å². The highest BCUT2D eigenvalue weighted by Gasteiger charge is 2.28. The molecule has 10 nitrogen and oxygen atoms in total. The van der Waals surface area contributed by atoms with Crippen LogP contribution in [0.15, 0.2) is 89.8 Å². The number of nitrogens with one attached hydrogen (secondary N) is 1. The molecule has 1 atom stereocenters. The number of sulfonamides is 1. The maximum atomic E-state index is 13.1. The molecule has 0 aliphatic carbocycles. The Morgan fingerprint density at radius 3 is 2.26 bits per heavy atom. The second-order valence-electron chi connectivity index (χ2n) is 8.55. The molecule has 1 N–H and O–H groups in total. The number of ether oxygens (including phenoxy) is 2. The summed E-state index contributed by atoms with van der Waals surface area (Å²) in [6, 6.07) is 21.0. The third kappa shape index (κ3) is 5.95. The normalized spacial score (nSPS) is 12.1. The van der Waals surface area contributed by atoms with E-state index in [4.69, 9.17) is 9.47 Å². The number of esters is 2. The minimum atomic E-state index is -4.25. The summed E-state index contributed by atoms with van der Waals surface area (Å²) < 4.78 is 38.4. The molecule has 0 aliphatic rings. The van der Waals surface area contributed by atoms with E-state index in [2.05, 4.69) is 4.72 Å². The smallest absolute Gasteiger partial charge is 0.338 e. The fourth-order valence-corrected chi connectivity index (χ4v) is 5.46. The van der Waals surface area contributed by atoms with Crippen molar-refractivity contribution in [3.63, 3.8) is 0 Å². The molecular formula is C28H24N2O8S. The molecular weight excluding hydrogens is 524 g/mol. The molecule has 0 spiro atoms. The molecule has 0 amide bonds. The lowest BCUT2D eigenvalue weighted by molar-refractivity contribution is -0.384. The summed E-state index contributed by atoms with van der Waals surface area (Å²) in [5.74, 6) is -1.33. The molecule has 0 unspecified atom stereocenters. The van der Waals surface area contributed by atoms with Crippen LogP contribution in [-0.2, 0) is 30.7 Å². The van der Waals surface area contributed by atoms with E-state index in [1.54, 1.807) is 30.3 Å². The maximum Gasteiger partial charge on any atom is 0.338 e. The van der Waals surface area contributed by atoms with Crippen molar-refractivity contribution in [1.29, 1.82) is 0 Å². The SMILES string of the molecule is COC(=O)c1ccccc1-c1cc(C[C@H](NS(=O)(=O)c2ccc([N+](=O)[O-])cc2)C(=O)OC)c2ccccc2c1. The maximum absolute atomic E-state index is 13.1. The Bertz CT molecular complexity index is 1670. The Labute approximate surface area is 224 Å². The van der Waals surface area contributed by atoms with E-state index in [1.165, 1.54) is 7.11 Å². The molecule has 4 aromatic carbocycles. The number of rotatable bonds is 9. The van der Waals surface area contributed by atoms with Gasteiger partial charge in [0.1, 0.15) is 6.04 Å². The number of fused-ring (bicyclic) bond motifs is 1. The summed E-state index contributed by atoms with van der Waals surface area (Å²) in [6.07, 6.45) is -0.0758. The van der Waals surface area contributed by atoms with E-state index in [1.807, 2.05) is 30.3 Å². The molecule has 39 heavy (non-hydrogen) atoms. The van der Waals surface area contributed by atoms with Gasteiger partial charge >= 0.3 is 11.9 Å². The van der Waals surface area contributed by atoms with Crippen LogP contribution in [0.3, 0.4) is 0 Å². The number of hydrogen-bond acceptors (Lipinski definition) is 8. The summed E-state index contributed by atoms with van der Waals surface area (Å²) in [5.41, 5.74) is 1.99. The van der Waals surface area contributed by atoms with Gasteiger partial charge < -0.3 is 9.47 Å². The lowest BCUT2D eigenvalue weighted by Crippen LogP contribution is -2.43. The Kier molecular flexibility index (Phi) is 8.03. The molecule has 4 rings (SSSR count). The molecule has 0 aromatic heterocycles. The van der Waals surface area contributed by atoms with Crippen LogP contribution in [-0.4, -0.2) is 45.5 Å². The number of carbonyl (C=O) groups excluding carboxylic acids is 2. The number of benzene rings is 4. The molecule has 0 fully saturated rings. The van der Waals surface area contributed by atoms with Crippen LogP contribution >= 0.6 is 0 Å².